The maximum absolute atomic E-state index is 11.6. The van der Waals surface area contributed by atoms with E-state index in [1.54, 1.807) is 32.9 Å². The van der Waals surface area contributed by atoms with Gasteiger partial charge in [0.2, 0.25) is 0 Å². The van der Waals surface area contributed by atoms with Crippen LogP contribution in [-0.2, 0) is 4.74 Å². The Balaban J connectivity index is 0.00000232. The number of anilines is 1. The largest absolute Gasteiger partial charge is 0.462 e. The maximum atomic E-state index is 11.6. The van der Waals surface area contributed by atoms with Crippen LogP contribution >= 0.6 is 0 Å². The van der Waals surface area contributed by atoms with E-state index in [0.29, 0.717) is 29.9 Å². The summed E-state index contributed by atoms with van der Waals surface area (Å²) in [6.45, 7) is 9.46. The molecule has 0 saturated heterocycles. The minimum absolute atomic E-state index is 0.240. The van der Waals surface area contributed by atoms with Gasteiger partial charge in [-0.2, -0.15) is 0 Å². The molecule has 1 aromatic rings. The Hall–Kier alpha value is -2.08. The molecule has 6 heteroatoms. The van der Waals surface area contributed by atoms with Crippen LogP contribution in [0.25, 0.3) is 6.08 Å². The monoisotopic (exact) mass is 323 g/mol. The number of pyridine rings is 1. The Morgan fingerprint density at radius 3 is 2.52 bits per heavy atom. The zero-order valence-corrected chi connectivity index (χ0v) is 14.7. The summed E-state index contributed by atoms with van der Waals surface area (Å²) in [5.41, 5.74) is 12.6. The topological polar surface area (TPSA) is 111 Å². The SMILES string of the molecule is CC.CCOC(=O)c1cnc(/C=C(\N)CCC(C)(C)O)cc1N. The van der Waals surface area contributed by atoms with Crippen LogP contribution in [0, 0.1) is 0 Å². The number of carbonyl (C=O) groups excluding carboxylic acids is 1. The fourth-order valence-electron chi connectivity index (χ4n) is 1.66. The van der Waals surface area contributed by atoms with Gasteiger partial charge in [0.25, 0.3) is 0 Å². The van der Waals surface area contributed by atoms with Gasteiger partial charge in [0.05, 0.1) is 17.9 Å². The molecule has 0 radical (unpaired) electrons. The van der Waals surface area contributed by atoms with E-state index in [9.17, 15) is 9.90 Å². The fourth-order valence-corrected chi connectivity index (χ4v) is 1.66. The molecule has 0 aliphatic carbocycles. The molecule has 0 spiro atoms. The fraction of sp³-hybridized carbons (Fsp3) is 0.529. The molecule has 1 rings (SSSR count). The summed E-state index contributed by atoms with van der Waals surface area (Å²) < 4.78 is 4.88. The normalized spacial score (nSPS) is 11.5. The summed E-state index contributed by atoms with van der Waals surface area (Å²) in [6.07, 6.45) is 4.15. The Bertz CT molecular complexity index is 534. The molecule has 0 unspecified atom stereocenters. The van der Waals surface area contributed by atoms with Gasteiger partial charge in [-0.1, -0.05) is 13.8 Å². The minimum Gasteiger partial charge on any atom is -0.462 e. The van der Waals surface area contributed by atoms with Gasteiger partial charge < -0.3 is 21.3 Å². The van der Waals surface area contributed by atoms with Crippen LogP contribution in [-0.4, -0.2) is 28.3 Å². The molecule has 1 heterocycles. The van der Waals surface area contributed by atoms with Crippen molar-refractivity contribution in [2.24, 2.45) is 5.73 Å². The van der Waals surface area contributed by atoms with Crippen molar-refractivity contribution in [3.05, 3.63) is 29.2 Å². The number of nitrogens with zero attached hydrogens (tertiary/aromatic N) is 1. The average Bonchev–Trinajstić information content (AvgIpc) is 2.47. The molecule has 23 heavy (non-hydrogen) atoms. The van der Waals surface area contributed by atoms with Gasteiger partial charge in [0.1, 0.15) is 5.56 Å². The number of allylic oxidation sites excluding steroid dienone is 1. The van der Waals surface area contributed by atoms with Crippen LogP contribution in [0.15, 0.2) is 18.0 Å². The number of aliphatic hydroxyl groups is 1. The first-order valence-corrected chi connectivity index (χ1v) is 7.84. The molecule has 0 aliphatic heterocycles. The van der Waals surface area contributed by atoms with E-state index in [2.05, 4.69) is 4.98 Å². The van der Waals surface area contributed by atoms with Crippen LogP contribution in [0.4, 0.5) is 5.69 Å². The van der Waals surface area contributed by atoms with Gasteiger partial charge in [-0.25, -0.2) is 4.79 Å². The lowest BCUT2D eigenvalue weighted by atomic mass is 10.0. The van der Waals surface area contributed by atoms with Crippen LogP contribution in [0.1, 0.15) is 63.5 Å². The van der Waals surface area contributed by atoms with Crippen LogP contribution < -0.4 is 11.5 Å². The third kappa shape index (κ3) is 8.21. The predicted octanol–water partition coefficient (Wildman–Crippen LogP) is 2.72. The average molecular weight is 323 g/mol. The number of hydrogen-bond acceptors (Lipinski definition) is 6. The molecule has 0 aromatic carbocycles. The highest BCUT2D eigenvalue weighted by Crippen LogP contribution is 2.17. The Morgan fingerprint density at radius 1 is 1.43 bits per heavy atom. The Kier molecular flexibility index (Phi) is 8.95. The van der Waals surface area contributed by atoms with Crippen molar-refractivity contribution in [3.63, 3.8) is 0 Å². The van der Waals surface area contributed by atoms with E-state index in [4.69, 9.17) is 16.2 Å². The van der Waals surface area contributed by atoms with Gasteiger partial charge in [-0.05, 0) is 45.8 Å². The molecule has 6 nitrogen and oxygen atoms in total. The van der Waals surface area contributed by atoms with Crippen molar-refractivity contribution in [1.82, 2.24) is 4.98 Å². The predicted molar refractivity (Wildman–Crippen MR) is 93.7 cm³/mol. The lowest BCUT2D eigenvalue weighted by Crippen LogP contribution is -2.19. The summed E-state index contributed by atoms with van der Waals surface area (Å²) in [6, 6.07) is 1.57. The molecular formula is C17H29N3O3. The molecule has 0 saturated carbocycles. The Labute approximate surface area is 138 Å². The summed E-state index contributed by atoms with van der Waals surface area (Å²) in [4.78, 5) is 15.7. The molecule has 0 fully saturated rings. The van der Waals surface area contributed by atoms with Gasteiger partial charge in [-0.3, -0.25) is 4.98 Å². The number of esters is 1. The van der Waals surface area contributed by atoms with Crippen molar-refractivity contribution >= 4 is 17.7 Å². The second-order valence-electron chi connectivity index (χ2n) is 5.45. The molecule has 0 amide bonds. The number of nitrogen functional groups attached to an aromatic ring is 1. The van der Waals surface area contributed by atoms with Gasteiger partial charge >= 0.3 is 5.97 Å². The number of ether oxygens (including phenoxy) is 1. The van der Waals surface area contributed by atoms with Crippen molar-refractivity contribution in [2.45, 2.75) is 53.1 Å². The van der Waals surface area contributed by atoms with E-state index in [-0.39, 0.29) is 12.2 Å². The number of aromatic nitrogens is 1. The van der Waals surface area contributed by atoms with E-state index < -0.39 is 11.6 Å². The molecule has 130 valence electrons. The molecule has 0 atom stereocenters. The second kappa shape index (κ2) is 9.84. The number of carbonyl (C=O) groups is 1. The van der Waals surface area contributed by atoms with Crippen molar-refractivity contribution in [3.8, 4) is 0 Å². The molecule has 0 aliphatic rings. The third-order valence-corrected chi connectivity index (χ3v) is 2.81. The lowest BCUT2D eigenvalue weighted by Gasteiger charge is -2.16. The third-order valence-electron chi connectivity index (χ3n) is 2.81. The first-order valence-electron chi connectivity index (χ1n) is 7.84. The summed E-state index contributed by atoms with van der Waals surface area (Å²) in [5.74, 6) is -0.493. The first-order chi connectivity index (χ1) is 10.7. The minimum atomic E-state index is -0.765. The smallest absolute Gasteiger partial charge is 0.341 e. The maximum Gasteiger partial charge on any atom is 0.341 e. The quantitative estimate of drug-likeness (QED) is 0.694. The molecule has 1 aromatic heterocycles. The second-order valence-corrected chi connectivity index (χ2v) is 5.45. The van der Waals surface area contributed by atoms with Gasteiger partial charge in [0.15, 0.2) is 0 Å². The zero-order chi connectivity index (χ0) is 18.0. The Morgan fingerprint density at radius 2 is 2.04 bits per heavy atom. The van der Waals surface area contributed by atoms with Crippen molar-refractivity contribution < 1.29 is 14.6 Å². The van der Waals surface area contributed by atoms with E-state index in [0.717, 1.165) is 0 Å². The summed E-state index contributed by atoms with van der Waals surface area (Å²) in [5, 5.41) is 9.65. The van der Waals surface area contributed by atoms with Gasteiger partial charge in [-0.15, -0.1) is 0 Å². The van der Waals surface area contributed by atoms with E-state index >= 15 is 0 Å². The highest BCUT2D eigenvalue weighted by Gasteiger charge is 2.13. The standard InChI is InChI=1S/C15H23N3O3.C2H6/c1-4-21-14(19)12-9-18-11(8-13(12)17)7-10(16)5-6-15(2,3)20;1-2/h7-9,20H,4-6,16H2,1-3H3,(H2,17,18);1-2H3/b10-7-;. The lowest BCUT2D eigenvalue weighted by molar-refractivity contribution is 0.0527. The zero-order valence-electron chi connectivity index (χ0n) is 14.7. The molecular weight excluding hydrogens is 294 g/mol. The first kappa shape index (κ1) is 20.9. The van der Waals surface area contributed by atoms with Gasteiger partial charge in [0, 0.05) is 17.6 Å². The van der Waals surface area contributed by atoms with E-state index in [1.807, 2.05) is 13.8 Å². The molecule has 5 N–H and O–H groups in total. The number of nitrogens with two attached hydrogens (primary N) is 2. The van der Waals surface area contributed by atoms with Crippen LogP contribution in [0.2, 0.25) is 0 Å². The van der Waals surface area contributed by atoms with Crippen molar-refractivity contribution in [1.29, 1.82) is 0 Å². The van der Waals surface area contributed by atoms with Crippen molar-refractivity contribution in [2.75, 3.05) is 12.3 Å². The highest BCUT2D eigenvalue weighted by atomic mass is 16.5. The van der Waals surface area contributed by atoms with Crippen LogP contribution in [0.5, 0.6) is 0 Å². The van der Waals surface area contributed by atoms with Crippen LogP contribution in [0.3, 0.4) is 0 Å². The number of hydrogen-bond donors (Lipinski definition) is 3. The number of rotatable bonds is 6. The summed E-state index contributed by atoms with van der Waals surface area (Å²) >= 11 is 0. The van der Waals surface area contributed by atoms with E-state index in [1.165, 1.54) is 6.20 Å². The summed E-state index contributed by atoms with van der Waals surface area (Å²) in [7, 11) is 0. The highest BCUT2D eigenvalue weighted by molar-refractivity contribution is 5.94. The molecule has 0 bridgehead atoms.